The summed E-state index contributed by atoms with van der Waals surface area (Å²) in [6.07, 6.45) is 3.44. The molecule has 0 N–H and O–H groups in total. The van der Waals surface area contributed by atoms with Crippen LogP contribution >= 0.6 is 35.6 Å². The number of carbonyl (C=O) groups excluding carboxylic acids is 2. The lowest BCUT2D eigenvalue weighted by molar-refractivity contribution is -0.121. The number of hydrogen-bond acceptors (Lipinski definition) is 5. The molecule has 0 fully saturated rings. The lowest BCUT2D eigenvalue weighted by Gasteiger charge is -2.28. The van der Waals surface area contributed by atoms with Gasteiger partial charge in [0, 0.05) is 58.4 Å². The molecule has 0 radical (unpaired) electrons. The lowest BCUT2D eigenvalue weighted by atomic mass is 9.76. The van der Waals surface area contributed by atoms with Gasteiger partial charge in [-0.1, -0.05) is 29.3 Å². The summed E-state index contributed by atoms with van der Waals surface area (Å²) < 4.78 is 10.9. The largest absolute Gasteiger partial charge is 0.497 e. The number of fused-ring (bicyclic) bond motifs is 1. The van der Waals surface area contributed by atoms with E-state index in [2.05, 4.69) is 4.98 Å². The quantitative estimate of drug-likeness (QED) is 0.191. The molecule has 0 spiro atoms. The van der Waals surface area contributed by atoms with Crippen LogP contribution in [0.1, 0.15) is 46.5 Å². The molecule has 2 heterocycles. The molecule has 43 heavy (non-hydrogen) atoms. The minimum Gasteiger partial charge on any atom is -0.497 e. The number of carbonyl (C=O) groups is 2. The monoisotopic (exact) mass is 639 g/mol. The molecule has 5 rings (SSSR count). The predicted molar refractivity (Wildman–Crippen MR) is 172 cm³/mol. The maximum atomic E-state index is 14.4. The summed E-state index contributed by atoms with van der Waals surface area (Å²) in [6, 6.07) is 19.8. The Kier molecular flexibility index (Phi) is 9.90. The molecular weight excluding hydrogens is 609 g/mol. The summed E-state index contributed by atoms with van der Waals surface area (Å²) in [6.45, 7) is 4.92. The van der Waals surface area contributed by atoms with Gasteiger partial charge in [0.1, 0.15) is 16.9 Å². The Balaban J connectivity index is 0.00000423. The highest BCUT2D eigenvalue weighted by Gasteiger charge is 2.50. The second-order valence-electron chi connectivity index (χ2n) is 10.2. The zero-order valence-electron chi connectivity index (χ0n) is 24.3. The molecule has 2 amide bonds. The molecule has 0 saturated carbocycles. The van der Waals surface area contributed by atoms with Crippen LogP contribution in [0, 0.1) is 0 Å². The summed E-state index contributed by atoms with van der Waals surface area (Å²) >= 11 is 13.3. The van der Waals surface area contributed by atoms with Crippen LogP contribution in [0.2, 0.25) is 10.0 Å². The maximum Gasteiger partial charge on any atom is 0.254 e. The highest BCUT2D eigenvalue weighted by molar-refractivity contribution is 6.33. The van der Waals surface area contributed by atoms with Crippen LogP contribution in [0.25, 0.3) is 0 Å². The van der Waals surface area contributed by atoms with Crippen molar-refractivity contribution < 1.29 is 19.1 Å². The number of rotatable bonds is 9. The molecule has 0 bridgehead atoms. The van der Waals surface area contributed by atoms with Gasteiger partial charge in [-0.3, -0.25) is 14.6 Å². The van der Waals surface area contributed by atoms with Crippen molar-refractivity contribution in [1.29, 1.82) is 0 Å². The minimum absolute atomic E-state index is 0. The van der Waals surface area contributed by atoms with Gasteiger partial charge in [-0.05, 0) is 85.1 Å². The topological polar surface area (TPSA) is 72.0 Å². The minimum atomic E-state index is -1.20. The fourth-order valence-corrected chi connectivity index (χ4v) is 5.95. The summed E-state index contributed by atoms with van der Waals surface area (Å²) in [7, 11) is 3.17. The highest BCUT2D eigenvalue weighted by atomic mass is 35.5. The number of ether oxygens (including phenoxy) is 2. The van der Waals surface area contributed by atoms with Gasteiger partial charge in [-0.25, -0.2) is 0 Å². The molecule has 1 aromatic heterocycles. The number of nitrogens with zero attached hydrogens (tertiary/aromatic N) is 3. The number of aromatic nitrogens is 1. The number of methoxy groups -OCH3 is 2. The molecule has 0 saturated heterocycles. The third-order valence-corrected chi connectivity index (χ3v) is 8.37. The van der Waals surface area contributed by atoms with Gasteiger partial charge in [-0.2, -0.15) is 0 Å². The molecule has 224 valence electrons. The second-order valence-corrected chi connectivity index (χ2v) is 11.1. The van der Waals surface area contributed by atoms with Crippen molar-refractivity contribution in [2.75, 3.05) is 25.7 Å². The lowest BCUT2D eigenvalue weighted by Crippen LogP contribution is -2.39. The van der Waals surface area contributed by atoms with E-state index in [1.54, 1.807) is 72.8 Å². The zero-order chi connectivity index (χ0) is 30.0. The van der Waals surface area contributed by atoms with Crippen molar-refractivity contribution in [3.8, 4) is 11.5 Å². The molecule has 1 aliphatic heterocycles. The van der Waals surface area contributed by atoms with Gasteiger partial charge in [0.15, 0.2) is 0 Å². The Morgan fingerprint density at radius 3 is 2.47 bits per heavy atom. The Hall–Kier alpha value is -3.78. The SMILES string of the molecule is CCN(Cc1cccnc1)C(=O)c1ccc(Cl)c([C@]2(C)C(=O)N(Cc3ccc(OC)cc3OC)c3ccc(Cl)cc32)c1.Cl. The molecule has 7 nitrogen and oxygen atoms in total. The molecule has 4 aromatic rings. The van der Waals surface area contributed by atoms with E-state index in [4.69, 9.17) is 32.7 Å². The third kappa shape index (κ3) is 6.03. The van der Waals surface area contributed by atoms with Crippen LogP contribution in [0.3, 0.4) is 0 Å². The van der Waals surface area contributed by atoms with Crippen LogP contribution in [0.4, 0.5) is 5.69 Å². The van der Waals surface area contributed by atoms with Crippen LogP contribution < -0.4 is 14.4 Å². The average Bonchev–Trinajstić information content (AvgIpc) is 3.22. The number of amides is 2. The first-order chi connectivity index (χ1) is 20.2. The molecule has 0 unspecified atom stereocenters. The van der Waals surface area contributed by atoms with Gasteiger partial charge in [0.05, 0.1) is 20.8 Å². The first kappa shape index (κ1) is 32.1. The summed E-state index contributed by atoms with van der Waals surface area (Å²) in [5.41, 5.74) is 2.92. The summed E-state index contributed by atoms with van der Waals surface area (Å²) in [4.78, 5) is 35.7. The van der Waals surface area contributed by atoms with E-state index in [1.165, 1.54) is 0 Å². The maximum absolute atomic E-state index is 14.4. The van der Waals surface area contributed by atoms with E-state index in [0.29, 0.717) is 57.0 Å². The molecule has 1 aliphatic rings. The van der Waals surface area contributed by atoms with E-state index in [-0.39, 0.29) is 30.8 Å². The summed E-state index contributed by atoms with van der Waals surface area (Å²) in [5.74, 6) is 0.898. The van der Waals surface area contributed by atoms with Crippen molar-refractivity contribution in [3.63, 3.8) is 0 Å². The number of benzene rings is 3. The Morgan fingerprint density at radius 1 is 1.00 bits per heavy atom. The van der Waals surface area contributed by atoms with Gasteiger partial charge in [0.25, 0.3) is 5.91 Å². The Morgan fingerprint density at radius 2 is 1.79 bits per heavy atom. The zero-order valence-corrected chi connectivity index (χ0v) is 26.6. The van der Waals surface area contributed by atoms with Crippen LogP contribution in [-0.4, -0.2) is 42.5 Å². The molecule has 3 aromatic carbocycles. The van der Waals surface area contributed by atoms with E-state index < -0.39 is 5.41 Å². The van der Waals surface area contributed by atoms with Gasteiger partial charge >= 0.3 is 0 Å². The van der Waals surface area contributed by atoms with Crippen LogP contribution in [-0.2, 0) is 23.3 Å². The van der Waals surface area contributed by atoms with Gasteiger partial charge < -0.3 is 19.3 Å². The number of hydrogen-bond donors (Lipinski definition) is 0. The fourth-order valence-electron chi connectivity index (χ4n) is 5.47. The number of halogens is 3. The molecule has 0 aliphatic carbocycles. The normalized spacial score (nSPS) is 15.5. The van der Waals surface area contributed by atoms with Gasteiger partial charge in [0.2, 0.25) is 5.91 Å². The molecule has 1 atom stereocenters. The van der Waals surface area contributed by atoms with Crippen molar-refractivity contribution in [1.82, 2.24) is 9.88 Å². The Labute approximate surface area is 267 Å². The van der Waals surface area contributed by atoms with E-state index in [1.807, 2.05) is 44.2 Å². The van der Waals surface area contributed by atoms with Crippen LogP contribution in [0.15, 0.2) is 79.1 Å². The van der Waals surface area contributed by atoms with E-state index in [0.717, 1.165) is 11.1 Å². The fraction of sp³-hybridized carbons (Fsp3) is 0.242. The predicted octanol–water partition coefficient (Wildman–Crippen LogP) is 7.34. The van der Waals surface area contributed by atoms with E-state index in [9.17, 15) is 9.59 Å². The first-order valence-electron chi connectivity index (χ1n) is 13.5. The smallest absolute Gasteiger partial charge is 0.254 e. The number of anilines is 1. The Bertz CT molecular complexity index is 1650. The van der Waals surface area contributed by atoms with Crippen molar-refractivity contribution in [2.45, 2.75) is 32.4 Å². The van der Waals surface area contributed by atoms with Crippen molar-refractivity contribution in [2.24, 2.45) is 0 Å². The van der Waals surface area contributed by atoms with Gasteiger partial charge in [-0.15, -0.1) is 12.4 Å². The summed E-state index contributed by atoms with van der Waals surface area (Å²) in [5, 5.41) is 0.876. The third-order valence-electron chi connectivity index (χ3n) is 7.80. The highest BCUT2D eigenvalue weighted by Crippen LogP contribution is 2.49. The average molecular weight is 641 g/mol. The van der Waals surface area contributed by atoms with Crippen molar-refractivity contribution >= 4 is 53.1 Å². The standard InChI is InChI=1S/C33H31Cl2N3O4.ClH/c1-5-37(19-21-7-6-14-36-18-21)31(39)22-9-12-28(35)26(15-22)33(2)27-16-24(34)10-13-29(27)38(32(33)40)20-23-8-11-25(41-3)17-30(23)42-4;/h6-18H,5,19-20H2,1-4H3;1H/t33-;/m0./s1. The van der Waals surface area contributed by atoms with Crippen LogP contribution in [0.5, 0.6) is 11.5 Å². The second kappa shape index (κ2) is 13.2. The number of pyridine rings is 1. The van der Waals surface area contributed by atoms with E-state index >= 15 is 0 Å². The molecular formula is C33H32Cl3N3O4. The first-order valence-corrected chi connectivity index (χ1v) is 14.3. The molecule has 10 heteroatoms. The van der Waals surface area contributed by atoms with Crippen molar-refractivity contribution in [3.05, 3.63) is 117 Å².